The van der Waals surface area contributed by atoms with Crippen molar-refractivity contribution in [3.05, 3.63) is 29.8 Å². The van der Waals surface area contributed by atoms with Crippen LogP contribution in [0.1, 0.15) is 25.3 Å². The van der Waals surface area contributed by atoms with Gasteiger partial charge in [0.2, 0.25) is 0 Å². The van der Waals surface area contributed by atoms with Crippen LogP contribution in [0.2, 0.25) is 0 Å². The van der Waals surface area contributed by atoms with Gasteiger partial charge in [0.1, 0.15) is 0 Å². The largest absolute Gasteiger partial charge is 0.316 e. The number of thioether (sulfide) groups is 1. The summed E-state index contributed by atoms with van der Waals surface area (Å²) in [5.74, 6) is 0.661. The number of nitrogens with one attached hydrogen (secondary N) is 1. The van der Waals surface area contributed by atoms with E-state index in [1.54, 1.807) is 11.8 Å². The molecule has 0 amide bonds. The topological polar surface area (TPSA) is 12.0 Å². The Balaban J connectivity index is 2.22. The van der Waals surface area contributed by atoms with E-state index in [0.717, 1.165) is 13.1 Å². The highest BCUT2D eigenvalue weighted by Gasteiger charge is 2.35. The molecule has 1 aromatic carbocycles. The van der Waals surface area contributed by atoms with Gasteiger partial charge in [-0.1, -0.05) is 26.0 Å². The van der Waals surface area contributed by atoms with E-state index >= 15 is 0 Å². The third kappa shape index (κ3) is 2.21. The van der Waals surface area contributed by atoms with Crippen molar-refractivity contribution in [2.24, 2.45) is 5.41 Å². The van der Waals surface area contributed by atoms with Crippen molar-refractivity contribution < 1.29 is 0 Å². The lowest BCUT2D eigenvalue weighted by Gasteiger charge is -2.26. The zero-order valence-corrected chi connectivity index (χ0v) is 10.5. The average Bonchev–Trinajstić information content (AvgIpc) is 2.58. The Hall–Kier alpha value is -0.470. The van der Waals surface area contributed by atoms with Crippen LogP contribution in [0.4, 0.5) is 0 Å². The summed E-state index contributed by atoms with van der Waals surface area (Å²) in [4.78, 5) is 1.35. The van der Waals surface area contributed by atoms with E-state index in [9.17, 15) is 0 Å². The molecule has 0 aliphatic carbocycles. The van der Waals surface area contributed by atoms with Crippen LogP contribution in [0.3, 0.4) is 0 Å². The summed E-state index contributed by atoms with van der Waals surface area (Å²) in [5, 5.41) is 3.48. The highest BCUT2D eigenvalue weighted by molar-refractivity contribution is 7.98. The molecule has 1 aliphatic rings. The first-order valence-corrected chi connectivity index (χ1v) is 6.70. The molecular formula is C13H19NS. The minimum Gasteiger partial charge on any atom is -0.316 e. The molecular weight excluding hydrogens is 202 g/mol. The second-order valence-corrected chi connectivity index (χ2v) is 5.82. The summed E-state index contributed by atoms with van der Waals surface area (Å²) >= 11 is 1.80. The molecule has 1 atom stereocenters. The van der Waals surface area contributed by atoms with Crippen molar-refractivity contribution in [2.45, 2.75) is 24.7 Å². The van der Waals surface area contributed by atoms with Crippen molar-refractivity contribution in [3.63, 3.8) is 0 Å². The third-order valence-corrected chi connectivity index (χ3v) is 4.13. The third-order valence-electron chi connectivity index (χ3n) is 3.39. The lowest BCUT2D eigenvalue weighted by Crippen LogP contribution is -2.20. The zero-order chi connectivity index (χ0) is 10.9. The molecule has 2 rings (SSSR count). The van der Waals surface area contributed by atoms with E-state index < -0.39 is 0 Å². The van der Waals surface area contributed by atoms with Gasteiger partial charge in [-0.25, -0.2) is 0 Å². The Morgan fingerprint density at radius 3 is 2.40 bits per heavy atom. The van der Waals surface area contributed by atoms with E-state index in [2.05, 4.69) is 49.7 Å². The quantitative estimate of drug-likeness (QED) is 0.770. The van der Waals surface area contributed by atoms with Gasteiger partial charge in [-0.15, -0.1) is 11.8 Å². The van der Waals surface area contributed by atoms with Crippen molar-refractivity contribution in [3.8, 4) is 0 Å². The van der Waals surface area contributed by atoms with E-state index in [1.165, 1.54) is 10.5 Å². The molecule has 0 radical (unpaired) electrons. The van der Waals surface area contributed by atoms with Crippen molar-refractivity contribution in [2.75, 3.05) is 19.3 Å². The first-order valence-electron chi connectivity index (χ1n) is 5.48. The van der Waals surface area contributed by atoms with Crippen LogP contribution in [0.15, 0.2) is 29.2 Å². The average molecular weight is 221 g/mol. The summed E-state index contributed by atoms with van der Waals surface area (Å²) in [7, 11) is 0. The van der Waals surface area contributed by atoms with Crippen molar-refractivity contribution in [1.29, 1.82) is 0 Å². The second-order valence-electron chi connectivity index (χ2n) is 4.95. The molecule has 2 heteroatoms. The van der Waals surface area contributed by atoms with E-state index in [1.807, 2.05) is 0 Å². The maximum Gasteiger partial charge on any atom is 0.00693 e. The highest BCUT2D eigenvalue weighted by atomic mass is 32.2. The molecule has 0 aromatic heterocycles. The number of benzene rings is 1. The number of rotatable bonds is 2. The zero-order valence-electron chi connectivity index (χ0n) is 9.71. The first-order chi connectivity index (χ1) is 7.13. The van der Waals surface area contributed by atoms with Gasteiger partial charge in [0.15, 0.2) is 0 Å². The Labute approximate surface area is 96.7 Å². The molecule has 1 heterocycles. The lowest BCUT2D eigenvalue weighted by molar-refractivity contribution is 0.363. The van der Waals surface area contributed by atoms with Gasteiger partial charge in [0.25, 0.3) is 0 Å². The SMILES string of the molecule is CSc1ccc([C@@H]2CNCC2(C)C)cc1. The predicted molar refractivity (Wildman–Crippen MR) is 67.6 cm³/mol. The fraction of sp³-hybridized carbons (Fsp3) is 0.538. The standard InChI is InChI=1S/C13H19NS/c1-13(2)9-14-8-12(13)10-4-6-11(15-3)7-5-10/h4-7,12,14H,8-9H2,1-3H3/t12-/m0/s1. The van der Waals surface area contributed by atoms with Gasteiger partial charge < -0.3 is 5.32 Å². The van der Waals surface area contributed by atoms with Crippen LogP contribution in [-0.2, 0) is 0 Å². The van der Waals surface area contributed by atoms with Gasteiger partial charge in [-0.2, -0.15) is 0 Å². The van der Waals surface area contributed by atoms with Crippen LogP contribution in [0.5, 0.6) is 0 Å². The molecule has 1 N–H and O–H groups in total. The Morgan fingerprint density at radius 2 is 1.93 bits per heavy atom. The van der Waals surface area contributed by atoms with Crippen LogP contribution in [-0.4, -0.2) is 19.3 Å². The smallest absolute Gasteiger partial charge is 0.00693 e. The molecule has 1 saturated heterocycles. The number of hydrogen-bond acceptors (Lipinski definition) is 2. The summed E-state index contributed by atoms with van der Waals surface area (Å²) in [6, 6.07) is 9.03. The summed E-state index contributed by atoms with van der Waals surface area (Å²) in [6.45, 7) is 6.94. The fourth-order valence-corrected chi connectivity index (χ4v) is 2.75. The molecule has 0 spiro atoms. The van der Waals surface area contributed by atoms with Gasteiger partial charge >= 0.3 is 0 Å². The van der Waals surface area contributed by atoms with E-state index in [0.29, 0.717) is 11.3 Å². The maximum absolute atomic E-state index is 3.48. The first kappa shape index (κ1) is 11.0. The lowest BCUT2D eigenvalue weighted by atomic mass is 9.78. The molecule has 0 saturated carbocycles. The minimum absolute atomic E-state index is 0.390. The fourth-order valence-electron chi connectivity index (χ4n) is 2.34. The van der Waals surface area contributed by atoms with Gasteiger partial charge in [-0.05, 0) is 29.4 Å². The molecule has 1 nitrogen and oxygen atoms in total. The Kier molecular flexibility index (Phi) is 3.08. The van der Waals surface area contributed by atoms with Crippen LogP contribution in [0, 0.1) is 5.41 Å². The van der Waals surface area contributed by atoms with Gasteiger partial charge in [0, 0.05) is 23.9 Å². The normalized spacial score (nSPS) is 24.3. The van der Waals surface area contributed by atoms with Crippen LogP contribution < -0.4 is 5.32 Å². The monoisotopic (exact) mass is 221 g/mol. The van der Waals surface area contributed by atoms with Crippen LogP contribution in [0.25, 0.3) is 0 Å². The maximum atomic E-state index is 3.48. The molecule has 15 heavy (non-hydrogen) atoms. The second kappa shape index (κ2) is 4.18. The number of hydrogen-bond donors (Lipinski definition) is 1. The highest BCUT2D eigenvalue weighted by Crippen LogP contribution is 2.38. The van der Waals surface area contributed by atoms with Crippen molar-refractivity contribution in [1.82, 2.24) is 5.32 Å². The molecule has 1 aliphatic heterocycles. The Morgan fingerprint density at radius 1 is 1.27 bits per heavy atom. The predicted octanol–water partition coefficient (Wildman–Crippen LogP) is 3.12. The van der Waals surface area contributed by atoms with E-state index in [-0.39, 0.29) is 0 Å². The molecule has 1 aromatic rings. The summed E-state index contributed by atoms with van der Waals surface area (Å²) in [5.41, 5.74) is 1.86. The van der Waals surface area contributed by atoms with Crippen LogP contribution >= 0.6 is 11.8 Å². The molecule has 0 unspecified atom stereocenters. The van der Waals surface area contributed by atoms with E-state index in [4.69, 9.17) is 0 Å². The Bertz CT molecular complexity index is 329. The van der Waals surface area contributed by atoms with Gasteiger partial charge in [-0.3, -0.25) is 0 Å². The molecule has 82 valence electrons. The molecule has 1 fully saturated rings. The summed E-state index contributed by atoms with van der Waals surface area (Å²) < 4.78 is 0. The summed E-state index contributed by atoms with van der Waals surface area (Å²) in [6.07, 6.45) is 2.12. The van der Waals surface area contributed by atoms with Gasteiger partial charge in [0.05, 0.1) is 0 Å². The minimum atomic E-state index is 0.390. The van der Waals surface area contributed by atoms with Crippen molar-refractivity contribution >= 4 is 11.8 Å². The molecule has 0 bridgehead atoms.